The quantitative estimate of drug-likeness (QED) is 0.905. The lowest BCUT2D eigenvalue weighted by Crippen LogP contribution is -2.57. The summed E-state index contributed by atoms with van der Waals surface area (Å²) >= 11 is 0. The highest BCUT2D eigenvalue weighted by Crippen LogP contribution is 2.33. The predicted octanol–water partition coefficient (Wildman–Crippen LogP) is 2.16. The van der Waals surface area contributed by atoms with Crippen LogP contribution in [0.5, 0.6) is 0 Å². The molecule has 104 valence electrons. The molecule has 0 aromatic heterocycles. The number of nitrogens with zero attached hydrogens (tertiary/aromatic N) is 1. The van der Waals surface area contributed by atoms with Crippen LogP contribution in [0.2, 0.25) is 0 Å². The third-order valence-electron chi connectivity index (χ3n) is 4.58. The van der Waals surface area contributed by atoms with Crippen LogP contribution in [0.25, 0.3) is 0 Å². The third-order valence-corrected chi connectivity index (χ3v) is 4.58. The van der Waals surface area contributed by atoms with E-state index in [1.54, 1.807) is 0 Å². The van der Waals surface area contributed by atoms with Gasteiger partial charge in [-0.1, -0.05) is 43.2 Å². The Morgan fingerprint density at radius 1 is 1.21 bits per heavy atom. The lowest BCUT2D eigenvalue weighted by Gasteiger charge is -2.41. The number of hydrogen-bond acceptors (Lipinski definition) is 3. The fourth-order valence-corrected chi connectivity index (χ4v) is 3.39. The smallest absolute Gasteiger partial charge is 0.0881 e. The van der Waals surface area contributed by atoms with Crippen molar-refractivity contribution in [1.29, 1.82) is 0 Å². The van der Waals surface area contributed by atoms with Crippen molar-refractivity contribution in [2.24, 2.45) is 5.73 Å². The van der Waals surface area contributed by atoms with Crippen molar-refractivity contribution in [3.8, 4) is 0 Å². The maximum absolute atomic E-state index is 6.54. The number of ether oxygens (including phenoxy) is 1. The molecular weight excluding hydrogens is 236 g/mol. The Hall–Kier alpha value is -0.900. The van der Waals surface area contributed by atoms with Crippen LogP contribution in [0.4, 0.5) is 0 Å². The SMILES string of the molecule is NC1(C2CN(Cc3ccccc3)CCO2)CCCC1. The fraction of sp³-hybridized carbons (Fsp3) is 0.625. The van der Waals surface area contributed by atoms with E-state index in [2.05, 4.69) is 35.2 Å². The predicted molar refractivity (Wildman–Crippen MR) is 76.8 cm³/mol. The topological polar surface area (TPSA) is 38.5 Å². The molecule has 2 N–H and O–H groups in total. The molecule has 0 bridgehead atoms. The molecule has 1 unspecified atom stereocenters. The average molecular weight is 260 g/mol. The van der Waals surface area contributed by atoms with Gasteiger partial charge in [-0.15, -0.1) is 0 Å². The molecule has 0 radical (unpaired) electrons. The molecule has 1 saturated heterocycles. The summed E-state index contributed by atoms with van der Waals surface area (Å²) in [5.74, 6) is 0. The van der Waals surface area contributed by atoms with Gasteiger partial charge < -0.3 is 10.5 Å². The van der Waals surface area contributed by atoms with E-state index in [0.29, 0.717) is 0 Å². The number of morpholine rings is 1. The zero-order valence-electron chi connectivity index (χ0n) is 11.6. The van der Waals surface area contributed by atoms with Crippen molar-refractivity contribution < 1.29 is 4.74 Å². The maximum atomic E-state index is 6.54. The van der Waals surface area contributed by atoms with E-state index >= 15 is 0 Å². The zero-order valence-corrected chi connectivity index (χ0v) is 11.6. The van der Waals surface area contributed by atoms with Crippen molar-refractivity contribution in [3.63, 3.8) is 0 Å². The standard InChI is InChI=1S/C16H24N2O/c17-16(8-4-5-9-16)15-13-18(10-11-19-15)12-14-6-2-1-3-7-14/h1-3,6-7,15H,4-5,8-13,17H2. The summed E-state index contributed by atoms with van der Waals surface area (Å²) in [6.07, 6.45) is 4.98. The maximum Gasteiger partial charge on any atom is 0.0881 e. The van der Waals surface area contributed by atoms with Gasteiger partial charge in [0.2, 0.25) is 0 Å². The van der Waals surface area contributed by atoms with E-state index in [1.165, 1.54) is 18.4 Å². The summed E-state index contributed by atoms with van der Waals surface area (Å²) in [4.78, 5) is 2.48. The normalized spacial score (nSPS) is 27.5. The Kier molecular flexibility index (Phi) is 3.87. The molecule has 1 heterocycles. The molecule has 2 fully saturated rings. The summed E-state index contributed by atoms with van der Waals surface area (Å²) in [6.45, 7) is 3.82. The molecule has 3 nitrogen and oxygen atoms in total. The van der Waals surface area contributed by atoms with Gasteiger partial charge in [-0.3, -0.25) is 4.90 Å². The molecule has 3 rings (SSSR count). The Morgan fingerprint density at radius 3 is 2.68 bits per heavy atom. The van der Waals surface area contributed by atoms with Crippen LogP contribution < -0.4 is 5.73 Å². The molecule has 1 aliphatic heterocycles. The summed E-state index contributed by atoms with van der Waals surface area (Å²) in [7, 11) is 0. The van der Waals surface area contributed by atoms with E-state index < -0.39 is 0 Å². The van der Waals surface area contributed by atoms with Crippen molar-refractivity contribution in [2.75, 3.05) is 19.7 Å². The second kappa shape index (κ2) is 5.61. The van der Waals surface area contributed by atoms with Crippen LogP contribution >= 0.6 is 0 Å². The van der Waals surface area contributed by atoms with Crippen LogP contribution in [0.3, 0.4) is 0 Å². The van der Waals surface area contributed by atoms with Crippen molar-refractivity contribution >= 4 is 0 Å². The van der Waals surface area contributed by atoms with E-state index in [9.17, 15) is 0 Å². The van der Waals surface area contributed by atoms with Gasteiger partial charge in [0, 0.05) is 25.2 Å². The van der Waals surface area contributed by atoms with Crippen LogP contribution in [0.1, 0.15) is 31.2 Å². The summed E-state index contributed by atoms with van der Waals surface area (Å²) in [5.41, 5.74) is 7.84. The van der Waals surface area contributed by atoms with E-state index in [-0.39, 0.29) is 11.6 Å². The molecule has 3 heteroatoms. The fourth-order valence-electron chi connectivity index (χ4n) is 3.39. The van der Waals surface area contributed by atoms with E-state index in [1.807, 2.05) is 0 Å². The Bertz CT molecular complexity index is 400. The number of benzene rings is 1. The molecule has 0 amide bonds. The van der Waals surface area contributed by atoms with Gasteiger partial charge in [-0.2, -0.15) is 0 Å². The molecule has 1 aromatic carbocycles. The first-order chi connectivity index (χ1) is 9.26. The largest absolute Gasteiger partial charge is 0.374 e. The molecule has 19 heavy (non-hydrogen) atoms. The van der Waals surface area contributed by atoms with Gasteiger partial charge in [0.15, 0.2) is 0 Å². The first kappa shape index (κ1) is 13.1. The summed E-state index contributed by atoms with van der Waals surface area (Å²) in [5, 5.41) is 0. The Labute approximate surface area is 115 Å². The van der Waals surface area contributed by atoms with Gasteiger partial charge in [0.1, 0.15) is 0 Å². The molecule has 1 atom stereocenters. The highest BCUT2D eigenvalue weighted by Gasteiger charge is 2.40. The first-order valence-electron chi connectivity index (χ1n) is 7.43. The van der Waals surface area contributed by atoms with Gasteiger partial charge in [-0.05, 0) is 18.4 Å². The summed E-state index contributed by atoms with van der Waals surface area (Å²) < 4.78 is 5.97. The number of rotatable bonds is 3. The lowest BCUT2D eigenvalue weighted by molar-refractivity contribution is -0.0678. The molecular formula is C16H24N2O. The average Bonchev–Trinajstić information content (AvgIpc) is 2.89. The van der Waals surface area contributed by atoms with Crippen LogP contribution in [-0.4, -0.2) is 36.2 Å². The van der Waals surface area contributed by atoms with Gasteiger partial charge in [-0.25, -0.2) is 0 Å². The Morgan fingerprint density at radius 2 is 1.95 bits per heavy atom. The minimum atomic E-state index is -0.0740. The molecule has 2 aliphatic rings. The number of hydrogen-bond donors (Lipinski definition) is 1. The zero-order chi connectivity index (χ0) is 13.1. The first-order valence-corrected chi connectivity index (χ1v) is 7.43. The van der Waals surface area contributed by atoms with Crippen molar-refractivity contribution in [3.05, 3.63) is 35.9 Å². The minimum absolute atomic E-state index is 0.0740. The summed E-state index contributed by atoms with van der Waals surface area (Å²) in [6, 6.07) is 10.7. The molecule has 1 aliphatic carbocycles. The minimum Gasteiger partial charge on any atom is -0.374 e. The lowest BCUT2D eigenvalue weighted by atomic mass is 9.90. The monoisotopic (exact) mass is 260 g/mol. The molecule has 1 saturated carbocycles. The second-order valence-electron chi connectivity index (χ2n) is 6.02. The van der Waals surface area contributed by atoms with Gasteiger partial charge >= 0.3 is 0 Å². The van der Waals surface area contributed by atoms with E-state index in [4.69, 9.17) is 10.5 Å². The van der Waals surface area contributed by atoms with Crippen molar-refractivity contribution in [1.82, 2.24) is 4.90 Å². The van der Waals surface area contributed by atoms with Gasteiger partial charge in [0.25, 0.3) is 0 Å². The molecule has 0 spiro atoms. The second-order valence-corrected chi connectivity index (χ2v) is 6.02. The van der Waals surface area contributed by atoms with Crippen LogP contribution in [0, 0.1) is 0 Å². The van der Waals surface area contributed by atoms with Crippen LogP contribution in [-0.2, 0) is 11.3 Å². The molecule has 1 aromatic rings. The highest BCUT2D eigenvalue weighted by molar-refractivity contribution is 5.14. The van der Waals surface area contributed by atoms with Crippen molar-refractivity contribution in [2.45, 2.75) is 43.9 Å². The highest BCUT2D eigenvalue weighted by atomic mass is 16.5. The van der Waals surface area contributed by atoms with Gasteiger partial charge in [0.05, 0.1) is 12.7 Å². The Balaban J connectivity index is 1.62. The number of nitrogens with two attached hydrogens (primary N) is 1. The third kappa shape index (κ3) is 2.99. The van der Waals surface area contributed by atoms with Crippen LogP contribution in [0.15, 0.2) is 30.3 Å². The van der Waals surface area contributed by atoms with E-state index in [0.717, 1.165) is 39.1 Å².